The Morgan fingerprint density at radius 3 is 1.43 bits per heavy atom. The molecule has 186 valence electrons. The van der Waals surface area contributed by atoms with Gasteiger partial charge in [-0.2, -0.15) is 0 Å². The van der Waals surface area contributed by atoms with Crippen LogP contribution in [0.15, 0.2) is 122 Å². The molecule has 0 unspecified atom stereocenters. The van der Waals surface area contributed by atoms with Gasteiger partial charge in [-0.15, -0.1) is 0 Å². The van der Waals surface area contributed by atoms with Crippen LogP contribution in [0.25, 0.3) is 33.6 Å². The third-order valence-corrected chi connectivity index (χ3v) is 9.75. The second-order valence-electron chi connectivity index (χ2n) is 11.7. The number of quaternary nitrogens is 1. The van der Waals surface area contributed by atoms with Crippen LogP contribution in [-0.2, 0) is 5.41 Å². The summed E-state index contributed by atoms with van der Waals surface area (Å²) in [5.41, 5.74) is 18.3. The Hall–Kier alpha value is -4.86. The predicted molar refractivity (Wildman–Crippen MR) is 157 cm³/mol. The molecule has 0 fully saturated rings. The Balaban J connectivity index is 1.54. The maximum atomic E-state index is 2.49. The van der Waals surface area contributed by atoms with Crippen molar-refractivity contribution in [2.24, 2.45) is 0 Å². The lowest BCUT2D eigenvalue weighted by atomic mass is 9.63. The Bertz CT molecular complexity index is 2000. The minimum atomic E-state index is -0.410. The van der Waals surface area contributed by atoms with Gasteiger partial charge in [0.05, 0.1) is 14.8 Å². The van der Waals surface area contributed by atoms with Gasteiger partial charge in [0.1, 0.15) is 11.1 Å². The van der Waals surface area contributed by atoms with Gasteiger partial charge in [0.15, 0.2) is 4.70 Å². The van der Waals surface area contributed by atoms with Gasteiger partial charge in [0.2, 0.25) is 12.4 Å². The highest BCUT2D eigenvalue weighted by atomic mass is 15.9. The van der Waals surface area contributed by atoms with Gasteiger partial charge in [0.25, 0.3) is 22.8 Å². The number of fused-ring (bicyclic) bond motifs is 11. The topological polar surface area (TPSA) is 7.76 Å². The van der Waals surface area contributed by atoms with E-state index in [-0.39, 0.29) is 0 Å². The van der Waals surface area contributed by atoms with Crippen LogP contribution in [0.3, 0.4) is 0 Å². The Kier molecular flexibility index (Phi) is 3.49. The third kappa shape index (κ3) is 1.99. The largest absolute Gasteiger partial charge is 0.286 e. The van der Waals surface area contributed by atoms with Gasteiger partial charge in [-0.05, 0) is 83.6 Å². The average molecular weight is 513 g/mol. The summed E-state index contributed by atoms with van der Waals surface area (Å²) in [6.45, 7) is 4.52. The first kappa shape index (κ1) is 21.0. The first-order valence-electron chi connectivity index (χ1n) is 14.1. The second kappa shape index (κ2) is 6.64. The summed E-state index contributed by atoms with van der Waals surface area (Å²) in [5, 5.41) is 0. The second-order valence-corrected chi connectivity index (χ2v) is 11.7. The summed E-state index contributed by atoms with van der Waals surface area (Å²) in [5.74, 6) is 0. The van der Waals surface area contributed by atoms with Crippen molar-refractivity contribution < 1.29 is 9.35 Å². The number of benzene rings is 4. The lowest BCUT2D eigenvalue weighted by Gasteiger charge is -2.39. The molecule has 0 N–H and O–H groups in total. The first-order valence-corrected chi connectivity index (χ1v) is 14.1. The van der Waals surface area contributed by atoms with Crippen LogP contribution in [0.2, 0.25) is 0 Å². The van der Waals surface area contributed by atoms with Crippen LogP contribution in [0.5, 0.6) is 0 Å². The third-order valence-electron chi connectivity index (χ3n) is 9.75. The number of aryl methyl sites for hydroxylation is 2. The van der Waals surface area contributed by atoms with E-state index >= 15 is 0 Å². The molecule has 4 aromatic carbocycles. The Morgan fingerprint density at radius 1 is 0.475 bits per heavy atom. The monoisotopic (exact) mass is 512 g/mol. The highest BCUT2D eigenvalue weighted by molar-refractivity contribution is 5.99. The fraction of sp³-hybridized carbons (Fsp3) is 0.0811. The van der Waals surface area contributed by atoms with Crippen molar-refractivity contribution in [3.05, 3.63) is 155 Å². The van der Waals surface area contributed by atoms with E-state index in [0.29, 0.717) is 4.70 Å². The van der Waals surface area contributed by atoms with Crippen LogP contribution in [-0.4, -0.2) is 0 Å². The molecule has 2 spiro atoms. The van der Waals surface area contributed by atoms with Crippen molar-refractivity contribution >= 4 is 11.4 Å². The molecular weight excluding hydrogens is 486 g/mol. The molecule has 0 saturated carbocycles. The zero-order valence-electron chi connectivity index (χ0n) is 22.4. The summed E-state index contributed by atoms with van der Waals surface area (Å²) < 4.78 is 5.50. The number of pyridine rings is 2. The quantitative estimate of drug-likeness (QED) is 0.152. The molecule has 2 aromatic heterocycles. The van der Waals surface area contributed by atoms with E-state index in [1.807, 2.05) is 0 Å². The summed E-state index contributed by atoms with van der Waals surface area (Å²) in [7, 11) is 0. The minimum absolute atomic E-state index is 0.410. The molecule has 6 aromatic rings. The van der Waals surface area contributed by atoms with Gasteiger partial charge in [-0.25, -0.2) is 0 Å². The fourth-order valence-electron chi connectivity index (χ4n) is 8.60. The maximum Gasteiger partial charge on any atom is 0.286 e. The number of aromatic nitrogens is 2. The van der Waals surface area contributed by atoms with E-state index < -0.39 is 5.41 Å². The average Bonchev–Trinajstić information content (AvgIpc) is 3.56. The molecule has 3 aliphatic heterocycles. The summed E-state index contributed by atoms with van der Waals surface area (Å²) in [6.07, 6.45) is 4.54. The molecule has 3 nitrogen and oxygen atoms in total. The first-order chi connectivity index (χ1) is 19.7. The number of hydrogen-bond donors (Lipinski definition) is 0. The molecule has 5 heterocycles. The molecule has 0 saturated heterocycles. The highest BCUT2D eigenvalue weighted by Crippen LogP contribution is 2.67. The van der Waals surface area contributed by atoms with Crippen LogP contribution in [0.1, 0.15) is 33.4 Å². The number of rotatable bonds is 0. The van der Waals surface area contributed by atoms with Crippen LogP contribution in [0, 0.1) is 13.8 Å². The number of nitrogens with zero attached hydrogens (tertiary/aromatic N) is 3. The van der Waals surface area contributed by atoms with Crippen molar-refractivity contribution in [2.45, 2.75) is 19.3 Å². The van der Waals surface area contributed by atoms with E-state index in [1.165, 1.54) is 78.4 Å². The van der Waals surface area contributed by atoms with Crippen LogP contribution < -0.4 is 14.1 Å². The normalized spacial score (nSPS) is 16.1. The molecule has 3 heteroatoms. The molecule has 0 amide bonds. The van der Waals surface area contributed by atoms with E-state index in [0.717, 1.165) is 0 Å². The molecular formula is C37H26N3+3. The van der Waals surface area contributed by atoms with E-state index in [9.17, 15) is 0 Å². The van der Waals surface area contributed by atoms with Gasteiger partial charge in [-0.3, -0.25) is 0 Å². The molecule has 4 aliphatic rings. The maximum absolute atomic E-state index is 2.49. The van der Waals surface area contributed by atoms with Crippen molar-refractivity contribution in [2.75, 3.05) is 0 Å². The predicted octanol–water partition coefficient (Wildman–Crippen LogP) is 7.08. The summed E-state index contributed by atoms with van der Waals surface area (Å²) in [6, 6.07) is 41.3. The SMILES string of the molecule is Cc1cc2c3c(c1)C1(c4ccccc4-c4ccccc41)c1cc(C)cc4c1[N+]3([n+]1ccccc1-2)[n+]1ccccc1-4. The minimum Gasteiger partial charge on any atom is -0.0619 e. The van der Waals surface area contributed by atoms with Crippen molar-refractivity contribution in [1.29, 1.82) is 0 Å². The van der Waals surface area contributed by atoms with E-state index in [2.05, 4.69) is 145 Å². The molecule has 0 atom stereocenters. The van der Waals surface area contributed by atoms with Crippen LogP contribution in [0.4, 0.5) is 11.4 Å². The smallest absolute Gasteiger partial charge is 0.0619 e. The van der Waals surface area contributed by atoms with Crippen LogP contribution >= 0.6 is 0 Å². The molecule has 10 rings (SSSR count). The van der Waals surface area contributed by atoms with Crippen molar-refractivity contribution in [3.8, 4) is 33.6 Å². The fourth-order valence-corrected chi connectivity index (χ4v) is 8.60. The summed E-state index contributed by atoms with van der Waals surface area (Å²) >= 11 is 0. The van der Waals surface area contributed by atoms with Gasteiger partial charge in [0, 0.05) is 35.4 Å². The van der Waals surface area contributed by atoms with Crippen molar-refractivity contribution in [3.63, 3.8) is 0 Å². The van der Waals surface area contributed by atoms with Crippen molar-refractivity contribution in [1.82, 2.24) is 4.70 Å². The van der Waals surface area contributed by atoms with Gasteiger partial charge < -0.3 is 0 Å². The standard InChI is InChI=1S/C37H26N3/c1-23-19-27-33-15-7-9-17-38(33)40-35(27)31(21-23)37(29-13-5-3-11-25(29)26-12-4-6-14-30(26)37)32-22-24(2)20-28(36(32)40)34-16-8-10-18-39(34)40/h3-22H,1-2H3/q+3. The zero-order chi connectivity index (χ0) is 26.4. The van der Waals surface area contributed by atoms with E-state index in [1.54, 1.807) is 0 Å². The molecule has 40 heavy (non-hydrogen) atoms. The molecule has 1 aliphatic carbocycles. The Morgan fingerprint density at radius 2 is 0.925 bits per heavy atom. The van der Waals surface area contributed by atoms with E-state index in [4.69, 9.17) is 0 Å². The Labute approximate surface area is 233 Å². The lowest BCUT2D eigenvalue weighted by molar-refractivity contribution is -1.02. The lowest BCUT2D eigenvalue weighted by Crippen LogP contribution is -2.82. The highest BCUT2D eigenvalue weighted by Gasteiger charge is 2.75. The molecule has 0 radical (unpaired) electrons. The zero-order valence-corrected chi connectivity index (χ0v) is 22.4. The number of hydrogen-bond acceptors (Lipinski definition) is 0. The van der Waals surface area contributed by atoms with Gasteiger partial charge >= 0.3 is 0 Å². The van der Waals surface area contributed by atoms with Gasteiger partial charge in [-0.1, -0.05) is 48.5 Å². The summed E-state index contributed by atoms with van der Waals surface area (Å²) in [4.78, 5) is 0. The molecule has 0 bridgehead atoms.